The fourth-order valence-electron chi connectivity index (χ4n) is 1.46. The maximum Gasteiger partial charge on any atom is 0.184 e. The highest BCUT2D eigenvalue weighted by atomic mass is 16.7. The number of rotatable bonds is 0. The third-order valence-electron chi connectivity index (χ3n) is 2.11. The average molecular weight is 162 g/mol. The normalized spacial score (nSPS) is 56.5. The van der Waals surface area contributed by atoms with E-state index in [4.69, 9.17) is 14.6 Å². The Morgan fingerprint density at radius 3 is 2.55 bits per heavy atom. The van der Waals surface area contributed by atoms with E-state index < -0.39 is 30.7 Å². The minimum absolute atomic E-state index is 0.236. The van der Waals surface area contributed by atoms with Crippen LogP contribution in [0.15, 0.2) is 0 Å². The predicted octanol–water partition coefficient (Wildman–Crippen LogP) is -2.18. The van der Waals surface area contributed by atoms with Crippen molar-refractivity contribution in [3.8, 4) is 0 Å². The smallest absolute Gasteiger partial charge is 0.184 e. The number of ether oxygens (including phenoxy) is 2. The SMILES string of the molecule is O[C@@H]1[C@H]2OC[C@@H](O[C@@H]1O)[C@H]2O. The van der Waals surface area contributed by atoms with Gasteiger partial charge in [0.15, 0.2) is 6.29 Å². The van der Waals surface area contributed by atoms with Crippen molar-refractivity contribution in [2.24, 2.45) is 0 Å². The van der Waals surface area contributed by atoms with Crippen molar-refractivity contribution in [2.75, 3.05) is 6.61 Å². The molecule has 0 spiro atoms. The summed E-state index contributed by atoms with van der Waals surface area (Å²) in [4.78, 5) is 0. The van der Waals surface area contributed by atoms with Gasteiger partial charge in [-0.3, -0.25) is 0 Å². The van der Waals surface area contributed by atoms with E-state index in [0.717, 1.165) is 0 Å². The van der Waals surface area contributed by atoms with Crippen LogP contribution in [0.1, 0.15) is 0 Å². The molecule has 2 rings (SSSR count). The van der Waals surface area contributed by atoms with E-state index in [9.17, 15) is 10.2 Å². The minimum Gasteiger partial charge on any atom is -0.387 e. The Balaban J connectivity index is 2.16. The summed E-state index contributed by atoms with van der Waals surface area (Å²) >= 11 is 0. The average Bonchev–Trinajstić information content (AvgIpc) is 2.23. The molecular formula is C6H10O5. The monoisotopic (exact) mass is 162 g/mol. The highest BCUT2D eigenvalue weighted by molar-refractivity contribution is 4.94. The number of hydrogen-bond donors (Lipinski definition) is 3. The van der Waals surface area contributed by atoms with Gasteiger partial charge in [0.2, 0.25) is 0 Å². The maximum absolute atomic E-state index is 9.28. The molecule has 0 aliphatic carbocycles. The Labute approximate surface area is 63.2 Å². The molecule has 2 heterocycles. The fraction of sp³-hybridized carbons (Fsp3) is 1.00. The zero-order chi connectivity index (χ0) is 8.01. The lowest BCUT2D eigenvalue weighted by Gasteiger charge is -2.31. The minimum atomic E-state index is -1.23. The Hall–Kier alpha value is -0.200. The number of aliphatic hydroxyl groups is 3. The summed E-state index contributed by atoms with van der Waals surface area (Å²) in [6.07, 6.45) is -4.35. The van der Waals surface area contributed by atoms with Crippen LogP contribution in [0.5, 0.6) is 0 Å². The van der Waals surface area contributed by atoms with Gasteiger partial charge in [-0.15, -0.1) is 0 Å². The first-order chi connectivity index (χ1) is 5.20. The van der Waals surface area contributed by atoms with E-state index in [0.29, 0.717) is 0 Å². The molecule has 2 saturated heterocycles. The van der Waals surface area contributed by atoms with Crippen LogP contribution in [0.3, 0.4) is 0 Å². The zero-order valence-corrected chi connectivity index (χ0v) is 5.75. The van der Waals surface area contributed by atoms with E-state index in [-0.39, 0.29) is 6.61 Å². The van der Waals surface area contributed by atoms with Crippen molar-refractivity contribution >= 4 is 0 Å². The number of hydrogen-bond acceptors (Lipinski definition) is 5. The van der Waals surface area contributed by atoms with Crippen LogP contribution in [0.4, 0.5) is 0 Å². The van der Waals surface area contributed by atoms with Crippen molar-refractivity contribution in [3.63, 3.8) is 0 Å². The molecule has 0 aromatic heterocycles. The third kappa shape index (κ3) is 0.969. The molecule has 5 atom stereocenters. The molecule has 2 fully saturated rings. The third-order valence-corrected chi connectivity index (χ3v) is 2.11. The Morgan fingerprint density at radius 1 is 1.09 bits per heavy atom. The molecule has 11 heavy (non-hydrogen) atoms. The molecule has 2 bridgehead atoms. The second-order valence-electron chi connectivity index (χ2n) is 2.84. The van der Waals surface area contributed by atoms with Crippen LogP contribution in [-0.4, -0.2) is 52.6 Å². The summed E-state index contributed by atoms with van der Waals surface area (Å²) in [5.41, 5.74) is 0. The number of aliphatic hydroxyl groups excluding tert-OH is 3. The van der Waals surface area contributed by atoms with Gasteiger partial charge in [0.05, 0.1) is 6.61 Å². The molecule has 64 valence electrons. The maximum atomic E-state index is 9.28. The fourth-order valence-corrected chi connectivity index (χ4v) is 1.46. The van der Waals surface area contributed by atoms with E-state index in [1.165, 1.54) is 0 Å². The van der Waals surface area contributed by atoms with Gasteiger partial charge in [-0.2, -0.15) is 0 Å². The van der Waals surface area contributed by atoms with Gasteiger partial charge in [0, 0.05) is 0 Å². The number of fused-ring (bicyclic) bond motifs is 2. The molecule has 2 aliphatic rings. The largest absolute Gasteiger partial charge is 0.387 e. The van der Waals surface area contributed by atoms with Crippen LogP contribution >= 0.6 is 0 Å². The lowest BCUT2D eigenvalue weighted by atomic mass is 10.0. The molecule has 3 N–H and O–H groups in total. The first kappa shape index (κ1) is 7.45. The van der Waals surface area contributed by atoms with Crippen LogP contribution in [0, 0.1) is 0 Å². The molecule has 0 radical (unpaired) electrons. The summed E-state index contributed by atoms with van der Waals surface area (Å²) in [5, 5.41) is 27.5. The van der Waals surface area contributed by atoms with E-state index in [1.54, 1.807) is 0 Å². The molecule has 0 amide bonds. The van der Waals surface area contributed by atoms with Crippen molar-refractivity contribution in [2.45, 2.75) is 30.7 Å². The van der Waals surface area contributed by atoms with Gasteiger partial charge in [-0.25, -0.2) is 0 Å². The molecule has 0 unspecified atom stereocenters. The lowest BCUT2D eigenvalue weighted by Crippen LogP contribution is -2.52. The van der Waals surface area contributed by atoms with Gasteiger partial charge in [0.25, 0.3) is 0 Å². The Kier molecular flexibility index (Phi) is 1.62. The Morgan fingerprint density at radius 2 is 1.82 bits per heavy atom. The van der Waals surface area contributed by atoms with E-state index in [1.807, 2.05) is 0 Å². The molecule has 0 saturated carbocycles. The molecule has 2 aliphatic heterocycles. The second-order valence-corrected chi connectivity index (χ2v) is 2.84. The summed E-state index contributed by atoms with van der Waals surface area (Å²) in [6.45, 7) is 0.236. The molecule has 0 aromatic rings. The van der Waals surface area contributed by atoms with Gasteiger partial charge in [-0.05, 0) is 0 Å². The highest BCUT2D eigenvalue weighted by Gasteiger charge is 2.49. The topological polar surface area (TPSA) is 79.2 Å². The molecular weight excluding hydrogens is 152 g/mol. The second kappa shape index (κ2) is 2.40. The summed E-state index contributed by atoms with van der Waals surface area (Å²) in [5.74, 6) is 0. The zero-order valence-electron chi connectivity index (χ0n) is 5.75. The molecule has 5 nitrogen and oxygen atoms in total. The van der Waals surface area contributed by atoms with E-state index >= 15 is 0 Å². The summed E-state index contributed by atoms with van der Waals surface area (Å²) in [6, 6.07) is 0. The lowest BCUT2D eigenvalue weighted by molar-refractivity contribution is -0.242. The van der Waals surface area contributed by atoms with Gasteiger partial charge in [0.1, 0.15) is 24.4 Å². The van der Waals surface area contributed by atoms with Crippen molar-refractivity contribution in [3.05, 3.63) is 0 Å². The van der Waals surface area contributed by atoms with Gasteiger partial charge >= 0.3 is 0 Å². The quantitative estimate of drug-likeness (QED) is 0.377. The van der Waals surface area contributed by atoms with Crippen LogP contribution in [-0.2, 0) is 9.47 Å². The van der Waals surface area contributed by atoms with Gasteiger partial charge in [-0.1, -0.05) is 0 Å². The summed E-state index contributed by atoms with van der Waals surface area (Å²) in [7, 11) is 0. The van der Waals surface area contributed by atoms with Gasteiger partial charge < -0.3 is 24.8 Å². The van der Waals surface area contributed by atoms with Crippen molar-refractivity contribution in [1.29, 1.82) is 0 Å². The highest BCUT2D eigenvalue weighted by Crippen LogP contribution is 2.28. The first-order valence-corrected chi connectivity index (χ1v) is 3.51. The Bertz CT molecular complexity index is 161. The van der Waals surface area contributed by atoms with E-state index in [2.05, 4.69) is 0 Å². The predicted molar refractivity (Wildman–Crippen MR) is 32.6 cm³/mol. The summed E-state index contributed by atoms with van der Waals surface area (Å²) < 4.78 is 9.82. The molecule has 5 heteroatoms. The van der Waals surface area contributed by atoms with Crippen LogP contribution < -0.4 is 0 Å². The standard InChI is InChI=1S/C6H10O5/c7-3-2-1-10-5(3)4(8)6(9)11-2/h2-9H,1H2/t2-,3-,4-,5+,6+/m1/s1. The van der Waals surface area contributed by atoms with Crippen LogP contribution in [0.2, 0.25) is 0 Å². The van der Waals surface area contributed by atoms with Crippen molar-refractivity contribution in [1.82, 2.24) is 0 Å². The molecule has 0 aromatic carbocycles. The van der Waals surface area contributed by atoms with Crippen LogP contribution in [0.25, 0.3) is 0 Å². The first-order valence-electron chi connectivity index (χ1n) is 3.51. The van der Waals surface area contributed by atoms with Crippen molar-refractivity contribution < 1.29 is 24.8 Å².